The van der Waals surface area contributed by atoms with Crippen LogP contribution >= 0.6 is 0 Å². The molecule has 3 N–H and O–H groups in total. The standard InChI is InChI=1S/C35H47N5O5/c1-21(2)29-30(41)36-22(3)31(42)40-18-7-9-27(39-40)32(43)45-23(4)26-13-12-25-11-10-24(19-28(25)37-26)14-17-35(33(44)38-29)16-8-15-34(5,6)20-35/h10-14,17,19,21-23,27,29,39H,7-9,15-16,18,20H2,1-6H3,(H,36,41)(H,38,44)/b17-14+/t22-,23+,27-,29-,35-/m0/s1. The lowest BCUT2D eigenvalue weighted by molar-refractivity contribution is -0.157. The molecule has 5 bridgehead atoms. The molecule has 1 aromatic heterocycles. The molecule has 0 unspecified atom stereocenters. The van der Waals surface area contributed by atoms with E-state index in [9.17, 15) is 19.2 Å². The third-order valence-corrected chi connectivity index (χ3v) is 9.47. The number of ether oxygens (including phenoxy) is 1. The number of cyclic esters (lactones) is 1. The number of benzene rings is 1. The van der Waals surface area contributed by atoms with Gasteiger partial charge in [0.15, 0.2) is 0 Å². The fraction of sp³-hybridized carbons (Fsp3) is 0.571. The first kappa shape index (κ1) is 32.6. The molecule has 3 aliphatic rings. The maximum absolute atomic E-state index is 14.2. The molecule has 2 fully saturated rings. The van der Waals surface area contributed by atoms with Gasteiger partial charge in [-0.2, -0.15) is 0 Å². The second-order valence-corrected chi connectivity index (χ2v) is 14.2. The number of hydrazine groups is 1. The summed E-state index contributed by atoms with van der Waals surface area (Å²) in [6.45, 7) is 11.9. The van der Waals surface area contributed by atoms with Gasteiger partial charge < -0.3 is 15.4 Å². The molecular weight excluding hydrogens is 570 g/mol. The molecule has 1 saturated carbocycles. The molecule has 1 spiro atoms. The Balaban J connectivity index is 1.55. The monoisotopic (exact) mass is 617 g/mol. The van der Waals surface area contributed by atoms with E-state index in [1.165, 1.54) is 5.01 Å². The van der Waals surface area contributed by atoms with E-state index in [0.717, 1.165) is 29.3 Å². The number of carbonyl (C=O) groups is 4. The molecule has 2 aliphatic heterocycles. The van der Waals surface area contributed by atoms with Crippen LogP contribution in [0.3, 0.4) is 0 Å². The van der Waals surface area contributed by atoms with Gasteiger partial charge in [0.1, 0.15) is 24.2 Å². The lowest BCUT2D eigenvalue weighted by Crippen LogP contribution is -2.61. The summed E-state index contributed by atoms with van der Waals surface area (Å²) in [6, 6.07) is 7.36. The molecule has 3 amide bonds. The van der Waals surface area contributed by atoms with Crippen molar-refractivity contribution < 1.29 is 23.9 Å². The van der Waals surface area contributed by atoms with Crippen molar-refractivity contribution in [2.75, 3.05) is 6.54 Å². The van der Waals surface area contributed by atoms with E-state index in [-0.39, 0.29) is 23.1 Å². The van der Waals surface area contributed by atoms with Gasteiger partial charge in [0.2, 0.25) is 11.8 Å². The van der Waals surface area contributed by atoms with E-state index in [1.54, 1.807) is 13.8 Å². The molecule has 1 aromatic carbocycles. The van der Waals surface area contributed by atoms with Gasteiger partial charge in [-0.25, -0.2) is 10.4 Å². The van der Waals surface area contributed by atoms with Crippen LogP contribution in [-0.4, -0.2) is 58.4 Å². The minimum atomic E-state index is -0.879. The summed E-state index contributed by atoms with van der Waals surface area (Å²) in [7, 11) is 0. The van der Waals surface area contributed by atoms with Gasteiger partial charge in [-0.3, -0.25) is 24.2 Å². The van der Waals surface area contributed by atoms with Crippen LogP contribution in [-0.2, 0) is 23.9 Å². The molecule has 242 valence electrons. The summed E-state index contributed by atoms with van der Waals surface area (Å²) in [5, 5.41) is 8.23. The van der Waals surface area contributed by atoms with Crippen LogP contribution in [0, 0.1) is 16.7 Å². The minimum Gasteiger partial charge on any atom is -0.455 e. The van der Waals surface area contributed by atoms with E-state index in [4.69, 9.17) is 9.72 Å². The quantitative estimate of drug-likeness (QED) is 0.399. The van der Waals surface area contributed by atoms with Crippen molar-refractivity contribution in [3.05, 3.63) is 47.7 Å². The van der Waals surface area contributed by atoms with Crippen LogP contribution in [0.25, 0.3) is 17.0 Å². The molecular formula is C35H47N5O5. The van der Waals surface area contributed by atoms with Crippen molar-refractivity contribution in [2.45, 2.75) is 104 Å². The zero-order chi connectivity index (χ0) is 32.5. The topological polar surface area (TPSA) is 130 Å². The summed E-state index contributed by atoms with van der Waals surface area (Å²) >= 11 is 0. The van der Waals surface area contributed by atoms with Gasteiger partial charge >= 0.3 is 5.97 Å². The van der Waals surface area contributed by atoms with Crippen molar-refractivity contribution in [3.8, 4) is 0 Å². The zero-order valence-corrected chi connectivity index (χ0v) is 27.3. The second-order valence-electron chi connectivity index (χ2n) is 14.2. The first-order chi connectivity index (χ1) is 21.3. The molecule has 10 nitrogen and oxygen atoms in total. The largest absolute Gasteiger partial charge is 0.455 e. The van der Waals surface area contributed by atoms with Crippen LogP contribution in [0.15, 0.2) is 36.4 Å². The van der Waals surface area contributed by atoms with Crippen LogP contribution in [0.4, 0.5) is 0 Å². The lowest BCUT2D eigenvalue weighted by atomic mass is 9.62. The van der Waals surface area contributed by atoms with Gasteiger partial charge in [0, 0.05) is 11.9 Å². The van der Waals surface area contributed by atoms with Gasteiger partial charge in [-0.15, -0.1) is 0 Å². The fourth-order valence-electron chi connectivity index (χ4n) is 6.91. The van der Waals surface area contributed by atoms with E-state index < -0.39 is 41.5 Å². The SMILES string of the molecule is CC(C)[C@@H]1NC(=O)[C@]2(/C=C/c3ccc4ccc(nc4c3)[C@@H](C)OC(=O)[C@@H]3CCCN(N3)C(=O)[C@H](C)NC1=O)CCCC(C)(C)C2. The van der Waals surface area contributed by atoms with Gasteiger partial charge in [0.25, 0.3) is 5.91 Å². The molecule has 2 aromatic rings. The third-order valence-electron chi connectivity index (χ3n) is 9.47. The molecule has 5 rings (SSSR count). The van der Waals surface area contributed by atoms with Crippen LogP contribution in [0.2, 0.25) is 0 Å². The number of esters is 1. The number of nitrogens with zero attached hydrogens (tertiary/aromatic N) is 2. The summed E-state index contributed by atoms with van der Waals surface area (Å²) in [5.74, 6) is -1.66. The molecule has 0 radical (unpaired) electrons. The first-order valence-electron chi connectivity index (χ1n) is 16.3. The Kier molecular flexibility index (Phi) is 9.35. The smallest absolute Gasteiger partial charge is 0.325 e. The maximum Gasteiger partial charge on any atom is 0.325 e. The number of hydrogen-bond acceptors (Lipinski definition) is 7. The normalized spacial score (nSPS) is 30.6. The maximum atomic E-state index is 14.2. The van der Waals surface area contributed by atoms with Crippen molar-refractivity contribution in [2.24, 2.45) is 16.7 Å². The van der Waals surface area contributed by atoms with Crippen molar-refractivity contribution in [1.82, 2.24) is 26.1 Å². The number of carbonyl (C=O) groups excluding carboxylic acids is 4. The number of amides is 3. The highest BCUT2D eigenvalue weighted by Crippen LogP contribution is 2.47. The van der Waals surface area contributed by atoms with E-state index in [1.807, 2.05) is 56.3 Å². The number of aromatic nitrogens is 1. The molecule has 3 heterocycles. The third kappa shape index (κ3) is 7.21. The molecule has 10 heteroatoms. The Labute approximate surface area is 265 Å². The minimum absolute atomic E-state index is 0.0601. The second kappa shape index (κ2) is 12.9. The summed E-state index contributed by atoms with van der Waals surface area (Å²) in [4.78, 5) is 59.2. The Morgan fingerprint density at radius 3 is 2.49 bits per heavy atom. The first-order valence-corrected chi connectivity index (χ1v) is 16.3. The highest BCUT2D eigenvalue weighted by atomic mass is 16.5. The number of hydrogen-bond donors (Lipinski definition) is 3. The zero-order valence-electron chi connectivity index (χ0n) is 27.3. The molecule has 5 atom stereocenters. The van der Waals surface area contributed by atoms with Crippen molar-refractivity contribution in [1.29, 1.82) is 0 Å². The Hall–Kier alpha value is -3.79. The number of pyridine rings is 1. The van der Waals surface area contributed by atoms with Crippen LogP contribution < -0.4 is 16.1 Å². The van der Waals surface area contributed by atoms with E-state index in [0.29, 0.717) is 37.9 Å². The molecule has 45 heavy (non-hydrogen) atoms. The number of rotatable bonds is 1. The van der Waals surface area contributed by atoms with E-state index in [2.05, 4.69) is 29.9 Å². The highest BCUT2D eigenvalue weighted by molar-refractivity contribution is 5.94. The Morgan fingerprint density at radius 2 is 1.76 bits per heavy atom. The average Bonchev–Trinajstić information content (AvgIpc) is 3.00. The van der Waals surface area contributed by atoms with Crippen LogP contribution in [0.1, 0.15) is 97.4 Å². The lowest BCUT2D eigenvalue weighted by Gasteiger charge is -2.43. The van der Waals surface area contributed by atoms with Gasteiger partial charge in [0.05, 0.1) is 16.6 Å². The van der Waals surface area contributed by atoms with Crippen molar-refractivity contribution in [3.63, 3.8) is 0 Å². The van der Waals surface area contributed by atoms with Gasteiger partial charge in [-0.1, -0.05) is 64.5 Å². The fourth-order valence-corrected chi connectivity index (χ4v) is 6.91. The average molecular weight is 618 g/mol. The molecule has 1 aliphatic carbocycles. The summed E-state index contributed by atoms with van der Waals surface area (Å²) < 4.78 is 5.81. The summed E-state index contributed by atoms with van der Waals surface area (Å²) in [5.41, 5.74) is 4.41. The van der Waals surface area contributed by atoms with Crippen molar-refractivity contribution >= 4 is 40.7 Å². The molecule has 1 saturated heterocycles. The predicted molar refractivity (Wildman–Crippen MR) is 172 cm³/mol. The predicted octanol–water partition coefficient (Wildman–Crippen LogP) is 4.59. The summed E-state index contributed by atoms with van der Waals surface area (Å²) in [6.07, 6.45) is 7.69. The van der Waals surface area contributed by atoms with Gasteiger partial charge in [-0.05, 0) is 75.0 Å². The number of nitrogens with one attached hydrogen (secondary N) is 3. The number of fused-ring (bicyclic) bond motifs is 4. The van der Waals surface area contributed by atoms with E-state index >= 15 is 0 Å². The highest BCUT2D eigenvalue weighted by Gasteiger charge is 2.45. The van der Waals surface area contributed by atoms with Crippen LogP contribution in [0.5, 0.6) is 0 Å². The Bertz CT molecular complexity index is 1500. The Morgan fingerprint density at radius 1 is 1.00 bits per heavy atom.